The first-order valence-electron chi connectivity index (χ1n) is 7.64. The number of nitrogen functional groups attached to an aromatic ring is 1. The van der Waals surface area contributed by atoms with Gasteiger partial charge in [-0.15, -0.1) is 11.3 Å². The average Bonchev–Trinajstić information content (AvgIpc) is 3.07. The lowest BCUT2D eigenvalue weighted by molar-refractivity contribution is -0.0757. The summed E-state index contributed by atoms with van der Waals surface area (Å²) in [5.41, 5.74) is 3.79. The van der Waals surface area contributed by atoms with Crippen LogP contribution in [0.4, 0.5) is 5.82 Å². The van der Waals surface area contributed by atoms with Gasteiger partial charge in [0.25, 0.3) is 0 Å². The van der Waals surface area contributed by atoms with Crippen LogP contribution >= 0.6 is 11.3 Å². The van der Waals surface area contributed by atoms with Crippen LogP contribution < -0.4 is 11.3 Å². The molecule has 5 nitrogen and oxygen atoms in total. The number of ether oxygens (including phenoxy) is 1. The number of nitrogens with zero attached hydrogens (tertiary/aromatic N) is 2. The predicted molar refractivity (Wildman–Crippen MR) is 84.4 cm³/mol. The minimum absolute atomic E-state index is 0.382. The number of aryl methyl sites for hydroxylation is 2. The summed E-state index contributed by atoms with van der Waals surface area (Å²) < 4.78 is 5.99. The zero-order valence-electron chi connectivity index (χ0n) is 12.2. The summed E-state index contributed by atoms with van der Waals surface area (Å²) in [5.74, 6) is 7.25. The molecule has 3 heterocycles. The molecule has 1 unspecified atom stereocenters. The normalized spacial score (nSPS) is 25.2. The van der Waals surface area contributed by atoms with E-state index in [0.717, 1.165) is 60.6 Å². The molecule has 0 amide bonds. The van der Waals surface area contributed by atoms with E-state index < -0.39 is 0 Å². The molecule has 0 aromatic carbocycles. The Morgan fingerprint density at radius 1 is 1.24 bits per heavy atom. The van der Waals surface area contributed by atoms with Gasteiger partial charge >= 0.3 is 0 Å². The zero-order chi connectivity index (χ0) is 14.4. The van der Waals surface area contributed by atoms with E-state index in [2.05, 4.69) is 12.3 Å². The van der Waals surface area contributed by atoms with Gasteiger partial charge in [0.2, 0.25) is 0 Å². The molecule has 1 aliphatic carbocycles. The van der Waals surface area contributed by atoms with Gasteiger partial charge in [0.15, 0.2) is 11.6 Å². The molecule has 112 valence electrons. The molecule has 0 saturated carbocycles. The van der Waals surface area contributed by atoms with E-state index in [1.807, 2.05) is 0 Å². The molecule has 2 aromatic heterocycles. The van der Waals surface area contributed by atoms with Crippen LogP contribution in [0.2, 0.25) is 0 Å². The largest absolute Gasteiger partial charge is 0.367 e. The number of aromatic nitrogens is 2. The highest BCUT2D eigenvalue weighted by Crippen LogP contribution is 2.41. The van der Waals surface area contributed by atoms with Crippen molar-refractivity contribution in [1.82, 2.24) is 9.97 Å². The maximum atomic E-state index is 5.99. The van der Waals surface area contributed by atoms with E-state index in [4.69, 9.17) is 20.5 Å². The van der Waals surface area contributed by atoms with Crippen molar-refractivity contribution < 1.29 is 4.74 Å². The fraction of sp³-hybridized carbons (Fsp3) is 0.600. The first kappa shape index (κ1) is 13.4. The van der Waals surface area contributed by atoms with Gasteiger partial charge in [0.05, 0.1) is 5.39 Å². The third-order valence-corrected chi connectivity index (χ3v) is 5.83. The van der Waals surface area contributed by atoms with Gasteiger partial charge in [-0.2, -0.15) is 0 Å². The number of hydrogen-bond acceptors (Lipinski definition) is 6. The van der Waals surface area contributed by atoms with Gasteiger partial charge in [-0.1, -0.05) is 0 Å². The number of thiophene rings is 1. The average molecular weight is 304 g/mol. The number of nitrogens with one attached hydrogen (secondary N) is 1. The van der Waals surface area contributed by atoms with Gasteiger partial charge in [-0.25, -0.2) is 15.8 Å². The van der Waals surface area contributed by atoms with Crippen LogP contribution in [-0.4, -0.2) is 16.6 Å². The molecule has 1 saturated heterocycles. The second-order valence-electron chi connectivity index (χ2n) is 6.11. The molecular formula is C15H20N4OS. The highest BCUT2D eigenvalue weighted by atomic mass is 32.1. The van der Waals surface area contributed by atoms with Gasteiger partial charge < -0.3 is 10.2 Å². The van der Waals surface area contributed by atoms with Crippen molar-refractivity contribution in [1.29, 1.82) is 0 Å². The second kappa shape index (κ2) is 4.90. The second-order valence-corrected chi connectivity index (χ2v) is 7.20. The summed E-state index contributed by atoms with van der Waals surface area (Å²) in [5, 5.41) is 1.12. The van der Waals surface area contributed by atoms with E-state index in [-0.39, 0.29) is 5.60 Å². The number of anilines is 1. The number of hydrogen-bond donors (Lipinski definition) is 2. The van der Waals surface area contributed by atoms with Crippen LogP contribution in [0, 0.1) is 0 Å². The molecule has 1 aliphatic heterocycles. The van der Waals surface area contributed by atoms with Crippen LogP contribution in [0.5, 0.6) is 0 Å². The maximum Gasteiger partial charge on any atom is 0.164 e. The van der Waals surface area contributed by atoms with Crippen LogP contribution in [0.25, 0.3) is 10.2 Å². The van der Waals surface area contributed by atoms with Crippen LogP contribution in [0.15, 0.2) is 0 Å². The van der Waals surface area contributed by atoms with E-state index in [1.165, 1.54) is 16.9 Å². The lowest BCUT2D eigenvalue weighted by atomic mass is 9.95. The molecule has 2 aliphatic rings. The third kappa shape index (κ3) is 2.05. The van der Waals surface area contributed by atoms with Crippen molar-refractivity contribution in [3.05, 3.63) is 16.3 Å². The van der Waals surface area contributed by atoms with Crippen LogP contribution in [0.3, 0.4) is 0 Å². The van der Waals surface area contributed by atoms with Crippen molar-refractivity contribution in [3.8, 4) is 0 Å². The van der Waals surface area contributed by atoms with Crippen molar-refractivity contribution in [2.75, 3.05) is 12.0 Å². The standard InChI is InChI=1S/C15H20N4OS/c1-15(7-2-3-8-20-15)14-17-12(19-16)11-9-5-4-6-10(9)21-13(11)18-14/h2-8,16H2,1H3,(H,17,18,19). The summed E-state index contributed by atoms with van der Waals surface area (Å²) in [4.78, 5) is 12.0. The highest BCUT2D eigenvalue weighted by molar-refractivity contribution is 7.19. The first-order valence-corrected chi connectivity index (χ1v) is 8.46. The summed E-state index contributed by atoms with van der Waals surface area (Å²) >= 11 is 1.79. The maximum absolute atomic E-state index is 5.99. The number of hydrazine groups is 1. The monoisotopic (exact) mass is 304 g/mol. The van der Waals surface area contributed by atoms with E-state index in [1.54, 1.807) is 11.3 Å². The molecule has 6 heteroatoms. The molecule has 3 N–H and O–H groups in total. The van der Waals surface area contributed by atoms with E-state index >= 15 is 0 Å². The molecule has 1 atom stereocenters. The van der Waals surface area contributed by atoms with E-state index in [9.17, 15) is 0 Å². The Labute approximate surface area is 127 Å². The minimum atomic E-state index is -0.382. The van der Waals surface area contributed by atoms with Crippen molar-refractivity contribution in [3.63, 3.8) is 0 Å². The predicted octanol–water partition coefficient (Wildman–Crippen LogP) is 2.88. The molecule has 0 bridgehead atoms. The Bertz CT molecular complexity index is 691. The molecule has 0 radical (unpaired) electrons. The van der Waals surface area contributed by atoms with Crippen LogP contribution in [-0.2, 0) is 23.2 Å². The number of rotatable bonds is 2. The summed E-state index contributed by atoms with van der Waals surface area (Å²) in [6, 6.07) is 0. The summed E-state index contributed by atoms with van der Waals surface area (Å²) in [6.07, 6.45) is 6.73. The smallest absolute Gasteiger partial charge is 0.164 e. The topological polar surface area (TPSA) is 73.1 Å². The molecule has 2 aromatic rings. The van der Waals surface area contributed by atoms with Crippen molar-refractivity contribution in [2.24, 2.45) is 5.84 Å². The third-order valence-electron chi connectivity index (χ3n) is 4.64. The molecule has 1 fully saturated rings. The Hall–Kier alpha value is -1.24. The quantitative estimate of drug-likeness (QED) is 0.659. The number of fused-ring (bicyclic) bond motifs is 3. The zero-order valence-corrected chi connectivity index (χ0v) is 13.1. The lowest BCUT2D eigenvalue weighted by Crippen LogP contribution is -2.32. The van der Waals surface area contributed by atoms with Gasteiger partial charge in [-0.3, -0.25) is 0 Å². The van der Waals surface area contributed by atoms with Gasteiger partial charge in [-0.05, 0) is 51.0 Å². The summed E-state index contributed by atoms with van der Waals surface area (Å²) in [7, 11) is 0. The summed E-state index contributed by atoms with van der Waals surface area (Å²) in [6.45, 7) is 2.87. The Morgan fingerprint density at radius 3 is 2.90 bits per heavy atom. The van der Waals surface area contributed by atoms with Crippen LogP contribution in [0.1, 0.15) is 48.9 Å². The Morgan fingerprint density at radius 2 is 2.14 bits per heavy atom. The first-order chi connectivity index (χ1) is 10.2. The highest BCUT2D eigenvalue weighted by Gasteiger charge is 2.34. The molecule has 21 heavy (non-hydrogen) atoms. The van der Waals surface area contributed by atoms with Crippen molar-refractivity contribution >= 4 is 27.4 Å². The SMILES string of the molecule is CC1(c2nc(NN)c3c4c(sc3n2)CCC4)CCCCO1. The van der Waals surface area contributed by atoms with Gasteiger partial charge in [0, 0.05) is 11.5 Å². The Balaban J connectivity index is 1.88. The lowest BCUT2D eigenvalue weighted by Gasteiger charge is -2.32. The Kier molecular flexibility index (Phi) is 3.13. The fourth-order valence-corrected chi connectivity index (χ4v) is 4.71. The van der Waals surface area contributed by atoms with E-state index in [0.29, 0.717) is 0 Å². The molecular weight excluding hydrogens is 284 g/mol. The molecule has 4 rings (SSSR count). The van der Waals surface area contributed by atoms with Crippen molar-refractivity contribution in [2.45, 2.75) is 51.0 Å². The fourth-order valence-electron chi connectivity index (χ4n) is 3.45. The number of nitrogens with two attached hydrogens (primary N) is 1. The minimum Gasteiger partial charge on any atom is -0.367 e. The van der Waals surface area contributed by atoms with Gasteiger partial charge in [0.1, 0.15) is 10.4 Å². The molecule has 0 spiro atoms.